The van der Waals surface area contributed by atoms with Crippen LogP contribution in [0, 0.1) is 6.92 Å². The van der Waals surface area contributed by atoms with Crippen LogP contribution in [0.15, 0.2) is 54.6 Å². The van der Waals surface area contributed by atoms with E-state index in [1.807, 2.05) is 49.4 Å². The largest absolute Gasteiger partial charge is 0.480 e. The summed E-state index contributed by atoms with van der Waals surface area (Å²) < 4.78 is 0. The summed E-state index contributed by atoms with van der Waals surface area (Å²) in [6.45, 7) is 5.21. The molecule has 0 amide bonds. The number of hydrogen-bond acceptors (Lipinski definition) is 3. The number of rotatable bonds is 4. The average Bonchev–Trinajstić information content (AvgIpc) is 2.58. The van der Waals surface area contributed by atoms with Gasteiger partial charge in [-0.15, -0.1) is 0 Å². The third-order valence-electron chi connectivity index (χ3n) is 4.43. The molecule has 0 aromatic heterocycles. The second kappa shape index (κ2) is 6.84. The van der Waals surface area contributed by atoms with Gasteiger partial charge in [-0.3, -0.25) is 9.69 Å². The van der Waals surface area contributed by atoms with Gasteiger partial charge in [0.25, 0.3) is 0 Å². The lowest BCUT2D eigenvalue weighted by Gasteiger charge is -2.39. The molecule has 4 heteroatoms. The van der Waals surface area contributed by atoms with E-state index < -0.39 is 12.0 Å². The number of benzene rings is 2. The molecule has 4 nitrogen and oxygen atoms in total. The van der Waals surface area contributed by atoms with E-state index in [2.05, 4.69) is 21.9 Å². The Morgan fingerprint density at radius 2 is 1.57 bits per heavy atom. The number of para-hydroxylation sites is 1. The molecule has 1 N–H and O–H groups in total. The molecule has 3 rings (SSSR count). The normalized spacial score (nSPS) is 17.0. The van der Waals surface area contributed by atoms with Crippen molar-refractivity contribution in [3.8, 4) is 0 Å². The summed E-state index contributed by atoms with van der Waals surface area (Å²) in [5, 5.41) is 9.68. The Balaban J connectivity index is 1.71. The maximum Gasteiger partial charge on any atom is 0.325 e. The molecule has 0 spiro atoms. The number of anilines is 1. The molecule has 23 heavy (non-hydrogen) atoms. The molecule has 0 saturated carbocycles. The summed E-state index contributed by atoms with van der Waals surface area (Å²) >= 11 is 0. The lowest BCUT2D eigenvalue weighted by Crippen LogP contribution is -2.49. The van der Waals surface area contributed by atoms with Crippen LogP contribution in [0.3, 0.4) is 0 Å². The Bertz CT molecular complexity index is 647. The molecule has 0 bridgehead atoms. The van der Waals surface area contributed by atoms with E-state index in [4.69, 9.17) is 0 Å². The Morgan fingerprint density at radius 3 is 2.13 bits per heavy atom. The molecule has 1 heterocycles. The summed E-state index contributed by atoms with van der Waals surface area (Å²) in [5.74, 6) is -0.776. The second-order valence-corrected chi connectivity index (χ2v) is 6.01. The van der Waals surface area contributed by atoms with E-state index in [1.54, 1.807) is 0 Å². The first-order valence-electron chi connectivity index (χ1n) is 7.98. The Labute approximate surface area is 137 Å². The number of carboxylic acid groups (broad SMARTS) is 1. The molecule has 1 unspecified atom stereocenters. The highest BCUT2D eigenvalue weighted by Crippen LogP contribution is 2.24. The zero-order valence-corrected chi connectivity index (χ0v) is 13.4. The summed E-state index contributed by atoms with van der Waals surface area (Å²) in [6.07, 6.45) is 0. The van der Waals surface area contributed by atoms with Gasteiger partial charge in [-0.2, -0.15) is 0 Å². The standard InChI is InChI=1S/C19H22N2O2/c1-15-7-9-16(10-8-15)18(19(22)23)21-13-11-20(12-14-21)17-5-3-2-4-6-17/h2-10,18H,11-14H2,1H3,(H,22,23). The van der Waals surface area contributed by atoms with Crippen molar-refractivity contribution in [2.75, 3.05) is 31.1 Å². The third-order valence-corrected chi connectivity index (χ3v) is 4.43. The molecule has 2 aromatic carbocycles. The monoisotopic (exact) mass is 310 g/mol. The minimum Gasteiger partial charge on any atom is -0.480 e. The number of aliphatic carboxylic acids is 1. The van der Waals surface area contributed by atoms with E-state index >= 15 is 0 Å². The fraction of sp³-hybridized carbons (Fsp3) is 0.316. The van der Waals surface area contributed by atoms with E-state index in [0.29, 0.717) is 0 Å². The molecule has 1 fully saturated rings. The highest BCUT2D eigenvalue weighted by Gasteiger charge is 2.30. The number of hydrogen-bond donors (Lipinski definition) is 1. The van der Waals surface area contributed by atoms with E-state index in [0.717, 1.165) is 37.3 Å². The first-order chi connectivity index (χ1) is 11.1. The molecule has 1 atom stereocenters. The molecule has 0 aliphatic carbocycles. The van der Waals surface area contributed by atoms with Crippen LogP contribution >= 0.6 is 0 Å². The summed E-state index contributed by atoms with van der Waals surface area (Å²) in [5.41, 5.74) is 3.21. The first-order valence-corrected chi connectivity index (χ1v) is 7.98. The van der Waals surface area contributed by atoms with Gasteiger partial charge in [0, 0.05) is 31.9 Å². The fourth-order valence-corrected chi connectivity index (χ4v) is 3.14. The van der Waals surface area contributed by atoms with Crippen LogP contribution in [0.4, 0.5) is 5.69 Å². The highest BCUT2D eigenvalue weighted by molar-refractivity contribution is 5.75. The van der Waals surface area contributed by atoms with Gasteiger partial charge in [0.15, 0.2) is 0 Å². The smallest absolute Gasteiger partial charge is 0.325 e. The number of carboxylic acids is 1. The van der Waals surface area contributed by atoms with Crippen LogP contribution < -0.4 is 4.90 Å². The SMILES string of the molecule is Cc1ccc(C(C(=O)O)N2CCN(c3ccccc3)CC2)cc1. The predicted octanol–water partition coefficient (Wildman–Crippen LogP) is 2.94. The Hall–Kier alpha value is -2.33. The molecule has 0 radical (unpaired) electrons. The van der Waals surface area contributed by atoms with Gasteiger partial charge in [0.2, 0.25) is 0 Å². The maximum absolute atomic E-state index is 11.8. The van der Waals surface area contributed by atoms with Gasteiger partial charge < -0.3 is 10.0 Å². The lowest BCUT2D eigenvalue weighted by atomic mass is 10.0. The van der Waals surface area contributed by atoms with Gasteiger partial charge >= 0.3 is 5.97 Å². The van der Waals surface area contributed by atoms with E-state index in [1.165, 1.54) is 5.69 Å². The van der Waals surface area contributed by atoms with Gasteiger partial charge in [-0.1, -0.05) is 48.0 Å². The quantitative estimate of drug-likeness (QED) is 0.943. The molecular weight excluding hydrogens is 288 g/mol. The van der Waals surface area contributed by atoms with Gasteiger partial charge in [-0.25, -0.2) is 0 Å². The third kappa shape index (κ3) is 3.54. The van der Waals surface area contributed by atoms with Crippen LogP contribution in [-0.4, -0.2) is 42.2 Å². The number of carbonyl (C=O) groups is 1. The minimum atomic E-state index is -0.776. The van der Waals surface area contributed by atoms with Crippen LogP contribution in [0.5, 0.6) is 0 Å². The molecule has 1 aliphatic rings. The second-order valence-electron chi connectivity index (χ2n) is 6.01. The Morgan fingerprint density at radius 1 is 0.957 bits per heavy atom. The summed E-state index contributed by atoms with van der Waals surface area (Å²) in [7, 11) is 0. The van der Waals surface area contributed by atoms with Crippen LogP contribution in [0.1, 0.15) is 17.2 Å². The van der Waals surface area contributed by atoms with Crippen molar-refractivity contribution in [1.29, 1.82) is 0 Å². The molecule has 2 aromatic rings. The number of piperazine rings is 1. The topological polar surface area (TPSA) is 43.8 Å². The van der Waals surface area contributed by atoms with Gasteiger partial charge in [0.1, 0.15) is 6.04 Å². The van der Waals surface area contributed by atoms with Crippen molar-refractivity contribution < 1.29 is 9.90 Å². The van der Waals surface area contributed by atoms with E-state index in [9.17, 15) is 9.90 Å². The maximum atomic E-state index is 11.8. The molecule has 1 saturated heterocycles. The van der Waals surface area contributed by atoms with Crippen molar-refractivity contribution in [2.24, 2.45) is 0 Å². The average molecular weight is 310 g/mol. The van der Waals surface area contributed by atoms with Gasteiger partial charge in [0.05, 0.1) is 0 Å². The minimum absolute atomic E-state index is 0.562. The van der Waals surface area contributed by atoms with Crippen LogP contribution in [0.2, 0.25) is 0 Å². The van der Waals surface area contributed by atoms with Crippen molar-refractivity contribution in [1.82, 2.24) is 4.90 Å². The van der Waals surface area contributed by atoms with Crippen molar-refractivity contribution in [2.45, 2.75) is 13.0 Å². The lowest BCUT2D eigenvalue weighted by molar-refractivity contribution is -0.143. The summed E-state index contributed by atoms with van der Waals surface area (Å²) in [4.78, 5) is 16.2. The first kappa shape index (κ1) is 15.6. The van der Waals surface area contributed by atoms with Crippen molar-refractivity contribution in [3.05, 3.63) is 65.7 Å². The fourth-order valence-electron chi connectivity index (χ4n) is 3.14. The van der Waals surface area contributed by atoms with Gasteiger partial charge in [-0.05, 0) is 24.6 Å². The Kier molecular flexibility index (Phi) is 4.63. The zero-order valence-electron chi connectivity index (χ0n) is 13.4. The predicted molar refractivity (Wildman–Crippen MR) is 91.8 cm³/mol. The molecule has 1 aliphatic heterocycles. The summed E-state index contributed by atoms with van der Waals surface area (Å²) in [6, 6.07) is 17.5. The van der Waals surface area contributed by atoms with Crippen molar-refractivity contribution >= 4 is 11.7 Å². The van der Waals surface area contributed by atoms with E-state index in [-0.39, 0.29) is 0 Å². The van der Waals surface area contributed by atoms with Crippen molar-refractivity contribution in [3.63, 3.8) is 0 Å². The van der Waals surface area contributed by atoms with Crippen LogP contribution in [0.25, 0.3) is 0 Å². The molecular formula is C19H22N2O2. The van der Waals surface area contributed by atoms with Crippen LogP contribution in [-0.2, 0) is 4.79 Å². The number of aryl methyl sites for hydroxylation is 1. The highest BCUT2D eigenvalue weighted by atomic mass is 16.4. The zero-order chi connectivity index (χ0) is 16.2. The number of nitrogens with zero attached hydrogens (tertiary/aromatic N) is 2. The molecule has 120 valence electrons.